The number of rotatable bonds is 4. The van der Waals surface area contributed by atoms with E-state index in [0.29, 0.717) is 0 Å². The molecule has 0 saturated heterocycles. The molecule has 0 atom stereocenters. The van der Waals surface area contributed by atoms with Crippen LogP contribution in [-0.4, -0.2) is 5.71 Å². The maximum absolute atomic E-state index is 4.77. The summed E-state index contributed by atoms with van der Waals surface area (Å²) in [5.41, 5.74) is 9.33. The molecule has 0 radical (unpaired) electrons. The molecule has 28 heavy (non-hydrogen) atoms. The zero-order valence-corrected chi connectivity index (χ0v) is 15.5. The molecule has 0 amide bonds. The monoisotopic (exact) mass is 360 g/mol. The predicted molar refractivity (Wildman–Crippen MR) is 118 cm³/mol. The van der Waals surface area contributed by atoms with Gasteiger partial charge in [-0.25, -0.2) is 0 Å². The average molecular weight is 360 g/mol. The summed E-state index contributed by atoms with van der Waals surface area (Å²) >= 11 is 0. The molecule has 2 nitrogen and oxygen atoms in total. The van der Waals surface area contributed by atoms with E-state index in [-0.39, 0.29) is 0 Å². The van der Waals surface area contributed by atoms with Gasteiger partial charge in [-0.2, -0.15) is 0 Å². The Morgan fingerprint density at radius 1 is 0.536 bits per heavy atom. The zero-order valence-electron chi connectivity index (χ0n) is 15.5. The van der Waals surface area contributed by atoms with Crippen LogP contribution in [0, 0.1) is 0 Å². The number of aliphatic imine (C=N–C) groups is 1. The standard InChI is InChI=1S/C26H20N2/c1-2-6-19(7-3-1)20-10-14-23(15-11-20)27-24-16-12-21(13-17-24)26-18-22-8-4-5-9-25(22)28-26/h1-17,27H,18H2. The molecule has 4 aromatic rings. The maximum Gasteiger partial charge on any atom is 0.0669 e. The van der Waals surface area contributed by atoms with Crippen molar-refractivity contribution in [1.29, 1.82) is 0 Å². The van der Waals surface area contributed by atoms with Gasteiger partial charge in [-0.15, -0.1) is 0 Å². The highest BCUT2D eigenvalue weighted by molar-refractivity contribution is 6.06. The van der Waals surface area contributed by atoms with Crippen LogP contribution in [0.25, 0.3) is 11.1 Å². The van der Waals surface area contributed by atoms with Crippen LogP contribution in [0.4, 0.5) is 17.1 Å². The van der Waals surface area contributed by atoms with Gasteiger partial charge in [0.1, 0.15) is 0 Å². The number of fused-ring (bicyclic) bond motifs is 1. The molecule has 4 aromatic carbocycles. The van der Waals surface area contributed by atoms with Crippen molar-refractivity contribution in [2.45, 2.75) is 6.42 Å². The topological polar surface area (TPSA) is 24.4 Å². The molecule has 0 aliphatic carbocycles. The second-order valence-corrected chi connectivity index (χ2v) is 7.01. The third-order valence-corrected chi connectivity index (χ3v) is 5.10. The summed E-state index contributed by atoms with van der Waals surface area (Å²) in [6.07, 6.45) is 0.907. The third kappa shape index (κ3) is 3.33. The molecule has 0 saturated carbocycles. The summed E-state index contributed by atoms with van der Waals surface area (Å²) in [6, 6.07) is 35.8. The van der Waals surface area contributed by atoms with Gasteiger partial charge in [-0.1, -0.05) is 72.8 Å². The minimum absolute atomic E-state index is 0.907. The van der Waals surface area contributed by atoms with Crippen molar-refractivity contribution in [3.8, 4) is 11.1 Å². The number of benzene rings is 4. The summed E-state index contributed by atoms with van der Waals surface area (Å²) in [4.78, 5) is 4.77. The van der Waals surface area contributed by atoms with Gasteiger partial charge in [0, 0.05) is 17.8 Å². The van der Waals surface area contributed by atoms with Crippen LogP contribution < -0.4 is 5.32 Å². The van der Waals surface area contributed by atoms with E-state index < -0.39 is 0 Å². The van der Waals surface area contributed by atoms with Gasteiger partial charge >= 0.3 is 0 Å². The van der Waals surface area contributed by atoms with E-state index in [4.69, 9.17) is 4.99 Å². The Morgan fingerprint density at radius 2 is 1.11 bits per heavy atom. The normalized spacial score (nSPS) is 12.4. The Bertz CT molecular complexity index is 1130. The molecule has 0 bridgehead atoms. The fourth-order valence-electron chi connectivity index (χ4n) is 3.59. The van der Waals surface area contributed by atoms with E-state index in [0.717, 1.165) is 29.2 Å². The number of nitrogens with zero attached hydrogens (tertiary/aromatic N) is 1. The van der Waals surface area contributed by atoms with Crippen molar-refractivity contribution in [2.24, 2.45) is 4.99 Å². The summed E-state index contributed by atoms with van der Waals surface area (Å²) in [5, 5.41) is 3.48. The summed E-state index contributed by atoms with van der Waals surface area (Å²) in [5.74, 6) is 0. The van der Waals surface area contributed by atoms with Gasteiger partial charge in [-0.3, -0.25) is 4.99 Å². The van der Waals surface area contributed by atoms with Crippen molar-refractivity contribution in [2.75, 3.05) is 5.32 Å². The lowest BCUT2D eigenvalue weighted by molar-refractivity contribution is 1.39. The van der Waals surface area contributed by atoms with Crippen LogP contribution in [-0.2, 0) is 6.42 Å². The lowest BCUT2D eigenvalue weighted by atomic mass is 10.0. The SMILES string of the molecule is c1ccc(-c2ccc(Nc3ccc(C4=Nc5ccccc5C4)cc3)cc2)cc1. The fraction of sp³-hybridized carbons (Fsp3) is 0.0385. The molecule has 0 aromatic heterocycles. The minimum Gasteiger partial charge on any atom is -0.356 e. The molecule has 2 heteroatoms. The predicted octanol–water partition coefficient (Wildman–Crippen LogP) is 6.77. The van der Waals surface area contributed by atoms with Crippen molar-refractivity contribution < 1.29 is 0 Å². The second kappa shape index (κ2) is 7.16. The Labute approximate surface area is 165 Å². The van der Waals surface area contributed by atoms with Crippen LogP contribution in [0.5, 0.6) is 0 Å². The Hall–Kier alpha value is -3.65. The van der Waals surface area contributed by atoms with Crippen molar-refractivity contribution >= 4 is 22.8 Å². The maximum atomic E-state index is 4.77. The third-order valence-electron chi connectivity index (χ3n) is 5.10. The first kappa shape index (κ1) is 16.5. The second-order valence-electron chi connectivity index (χ2n) is 7.01. The van der Waals surface area contributed by atoms with Gasteiger partial charge in [0.25, 0.3) is 0 Å². The highest BCUT2D eigenvalue weighted by Gasteiger charge is 2.15. The van der Waals surface area contributed by atoms with Gasteiger partial charge < -0.3 is 5.32 Å². The van der Waals surface area contributed by atoms with Crippen molar-refractivity contribution in [1.82, 2.24) is 0 Å². The Balaban J connectivity index is 1.29. The molecule has 134 valence electrons. The Kier molecular flexibility index (Phi) is 4.23. The molecule has 0 spiro atoms. The lowest BCUT2D eigenvalue weighted by Gasteiger charge is -2.09. The smallest absolute Gasteiger partial charge is 0.0669 e. The van der Waals surface area contributed by atoms with Crippen molar-refractivity contribution in [3.05, 3.63) is 114 Å². The number of hydrogen-bond donors (Lipinski definition) is 1. The van der Waals surface area contributed by atoms with Gasteiger partial charge in [0.15, 0.2) is 0 Å². The van der Waals surface area contributed by atoms with E-state index in [1.807, 2.05) is 12.1 Å². The van der Waals surface area contributed by atoms with Crippen LogP contribution in [0.1, 0.15) is 11.1 Å². The molecule has 0 fully saturated rings. The molecule has 1 N–H and O–H groups in total. The first-order valence-electron chi connectivity index (χ1n) is 9.54. The first-order chi connectivity index (χ1) is 13.8. The first-order valence-corrected chi connectivity index (χ1v) is 9.54. The molecular formula is C26H20N2. The van der Waals surface area contributed by atoms with Gasteiger partial charge in [0.2, 0.25) is 0 Å². The van der Waals surface area contributed by atoms with Crippen LogP contribution in [0.3, 0.4) is 0 Å². The molecule has 0 unspecified atom stereocenters. The summed E-state index contributed by atoms with van der Waals surface area (Å²) in [7, 11) is 0. The number of hydrogen-bond acceptors (Lipinski definition) is 2. The van der Waals surface area contributed by atoms with E-state index in [1.165, 1.54) is 22.3 Å². The molecule has 1 aliphatic rings. The largest absolute Gasteiger partial charge is 0.356 e. The molecule has 1 aliphatic heterocycles. The number of nitrogens with one attached hydrogen (secondary N) is 1. The Morgan fingerprint density at radius 3 is 1.79 bits per heavy atom. The van der Waals surface area contributed by atoms with Crippen molar-refractivity contribution in [3.63, 3.8) is 0 Å². The van der Waals surface area contributed by atoms with E-state index >= 15 is 0 Å². The summed E-state index contributed by atoms with van der Waals surface area (Å²) in [6.45, 7) is 0. The van der Waals surface area contributed by atoms with E-state index in [1.54, 1.807) is 0 Å². The molecule has 1 heterocycles. The number of anilines is 2. The number of para-hydroxylation sites is 1. The van der Waals surface area contributed by atoms with Crippen LogP contribution in [0.2, 0.25) is 0 Å². The average Bonchev–Trinajstić information content (AvgIpc) is 3.20. The van der Waals surface area contributed by atoms with Gasteiger partial charge in [-0.05, 0) is 52.6 Å². The van der Waals surface area contributed by atoms with Crippen LogP contribution in [0.15, 0.2) is 108 Å². The quantitative estimate of drug-likeness (QED) is 0.426. The van der Waals surface area contributed by atoms with E-state index in [9.17, 15) is 0 Å². The highest BCUT2D eigenvalue weighted by Crippen LogP contribution is 2.29. The lowest BCUT2D eigenvalue weighted by Crippen LogP contribution is -2.00. The van der Waals surface area contributed by atoms with Crippen LogP contribution >= 0.6 is 0 Å². The van der Waals surface area contributed by atoms with E-state index in [2.05, 4.69) is 96.3 Å². The fourth-order valence-corrected chi connectivity index (χ4v) is 3.59. The van der Waals surface area contributed by atoms with Gasteiger partial charge in [0.05, 0.1) is 11.4 Å². The highest BCUT2D eigenvalue weighted by atomic mass is 14.9. The molecular weight excluding hydrogens is 340 g/mol. The minimum atomic E-state index is 0.907. The zero-order chi connectivity index (χ0) is 18.8. The molecule has 5 rings (SSSR count). The summed E-state index contributed by atoms with van der Waals surface area (Å²) < 4.78 is 0.